The Hall–Kier alpha value is -2.42. The molecule has 1 saturated heterocycles. The number of carbonyl (C=O) groups is 1. The molecule has 8 nitrogen and oxygen atoms in total. The van der Waals surface area contributed by atoms with Crippen molar-refractivity contribution < 1.29 is 9.90 Å². The summed E-state index contributed by atoms with van der Waals surface area (Å²) in [7, 11) is 0. The predicted octanol–water partition coefficient (Wildman–Crippen LogP) is 2.82. The number of fused-ring (bicyclic) bond motifs is 1. The lowest BCUT2D eigenvalue weighted by Gasteiger charge is -2.26. The third kappa shape index (κ3) is 4.14. The molecule has 0 spiro atoms. The molecule has 2 aliphatic heterocycles. The van der Waals surface area contributed by atoms with Gasteiger partial charge in [0.1, 0.15) is 0 Å². The van der Waals surface area contributed by atoms with E-state index in [0.717, 1.165) is 23.4 Å². The molecule has 29 heavy (non-hydrogen) atoms. The van der Waals surface area contributed by atoms with E-state index in [1.54, 1.807) is 10.6 Å². The number of benzene rings is 1. The maximum absolute atomic E-state index is 12.5. The molecule has 0 aliphatic carbocycles. The first-order valence-corrected chi connectivity index (χ1v) is 10.1. The summed E-state index contributed by atoms with van der Waals surface area (Å²) in [6.45, 7) is 2.59. The number of nitrogens with zero attached hydrogens (tertiary/aromatic N) is 3. The Balaban J connectivity index is 1.44. The standard InChI is InChI=1S/C19H21Cl2N5O3/c20-14-3-1-2-13(17(14)21)10-26-16-11-25(7-5-15(16)23-18(26)27)22-8-12-4-6-24(9-12)19(28)29/h1-3,5,7,12,22H,4,6,8-11H2,(H,23,27)(H,28,29). The molecule has 154 valence electrons. The minimum Gasteiger partial charge on any atom is -0.465 e. The van der Waals surface area contributed by atoms with Crippen molar-refractivity contribution in [2.45, 2.75) is 19.5 Å². The number of imidazole rings is 1. The van der Waals surface area contributed by atoms with Gasteiger partial charge < -0.3 is 20.0 Å². The van der Waals surface area contributed by atoms with Crippen LogP contribution in [-0.2, 0) is 13.1 Å². The summed E-state index contributed by atoms with van der Waals surface area (Å²) in [5, 5.41) is 11.9. The number of hydrogen-bond acceptors (Lipinski definition) is 4. The van der Waals surface area contributed by atoms with Crippen molar-refractivity contribution >= 4 is 35.4 Å². The number of carboxylic acid groups (broad SMARTS) is 1. The monoisotopic (exact) mass is 437 g/mol. The SMILES string of the molecule is O=C(O)N1CCC(CNN2C=Cc3[nH]c(=O)n(Cc4cccc(Cl)c4Cl)c3C2)C1. The number of nitrogens with one attached hydrogen (secondary N) is 2. The quantitative estimate of drug-likeness (QED) is 0.668. The molecular formula is C19H21Cl2N5O3. The molecule has 4 rings (SSSR count). The summed E-state index contributed by atoms with van der Waals surface area (Å²) in [4.78, 5) is 27.8. The minimum absolute atomic E-state index is 0.203. The second kappa shape index (κ2) is 8.14. The summed E-state index contributed by atoms with van der Waals surface area (Å²) >= 11 is 12.4. The minimum atomic E-state index is -0.869. The third-order valence-corrected chi connectivity index (χ3v) is 6.22. The van der Waals surface area contributed by atoms with Crippen LogP contribution >= 0.6 is 23.2 Å². The van der Waals surface area contributed by atoms with E-state index >= 15 is 0 Å². The zero-order valence-corrected chi connectivity index (χ0v) is 17.1. The summed E-state index contributed by atoms with van der Waals surface area (Å²) in [6, 6.07) is 5.37. The lowest BCUT2D eigenvalue weighted by molar-refractivity contribution is 0.153. The number of aromatic amines is 1. The largest absolute Gasteiger partial charge is 0.465 e. The Morgan fingerprint density at radius 1 is 1.34 bits per heavy atom. The van der Waals surface area contributed by atoms with Gasteiger partial charge in [0.15, 0.2) is 0 Å². The molecule has 1 fully saturated rings. The van der Waals surface area contributed by atoms with Gasteiger partial charge in [0.25, 0.3) is 0 Å². The van der Waals surface area contributed by atoms with Crippen LogP contribution in [0.3, 0.4) is 0 Å². The van der Waals surface area contributed by atoms with Crippen molar-refractivity contribution in [3.8, 4) is 0 Å². The molecule has 3 N–H and O–H groups in total. The fourth-order valence-electron chi connectivity index (χ4n) is 3.75. The average molecular weight is 438 g/mol. The second-order valence-corrected chi connectivity index (χ2v) is 8.06. The van der Waals surface area contributed by atoms with Crippen LogP contribution in [0.1, 0.15) is 23.4 Å². The van der Waals surface area contributed by atoms with Crippen LogP contribution < -0.4 is 11.1 Å². The van der Waals surface area contributed by atoms with Gasteiger partial charge in [-0.2, -0.15) is 0 Å². The molecule has 1 atom stereocenters. The van der Waals surface area contributed by atoms with Gasteiger partial charge in [-0.05, 0) is 30.0 Å². The highest BCUT2D eigenvalue weighted by molar-refractivity contribution is 6.42. The lowest BCUT2D eigenvalue weighted by atomic mass is 10.1. The number of hydrogen-bond donors (Lipinski definition) is 3. The fourth-order valence-corrected chi connectivity index (χ4v) is 4.13. The van der Waals surface area contributed by atoms with E-state index in [4.69, 9.17) is 28.3 Å². The number of aromatic nitrogens is 2. The van der Waals surface area contributed by atoms with Crippen LogP contribution in [0.25, 0.3) is 6.08 Å². The molecule has 1 aromatic carbocycles. The number of H-pyrrole nitrogens is 1. The Morgan fingerprint density at radius 3 is 2.93 bits per heavy atom. The zero-order valence-electron chi connectivity index (χ0n) is 15.6. The maximum Gasteiger partial charge on any atom is 0.407 e. The highest BCUT2D eigenvalue weighted by Crippen LogP contribution is 2.27. The van der Waals surface area contributed by atoms with Crippen LogP contribution in [0.5, 0.6) is 0 Å². The van der Waals surface area contributed by atoms with Crippen molar-refractivity contribution in [2.75, 3.05) is 19.6 Å². The van der Waals surface area contributed by atoms with E-state index < -0.39 is 6.09 Å². The highest BCUT2D eigenvalue weighted by Gasteiger charge is 2.26. The number of rotatable bonds is 5. The van der Waals surface area contributed by atoms with Crippen LogP contribution in [0, 0.1) is 5.92 Å². The second-order valence-electron chi connectivity index (χ2n) is 7.28. The number of halogens is 2. The molecule has 10 heteroatoms. The molecule has 0 bridgehead atoms. The first-order valence-electron chi connectivity index (χ1n) is 9.33. The molecule has 2 aliphatic rings. The normalized spacial score (nSPS) is 18.3. The predicted molar refractivity (Wildman–Crippen MR) is 111 cm³/mol. The molecule has 1 amide bonds. The lowest BCUT2D eigenvalue weighted by Crippen LogP contribution is -2.39. The van der Waals surface area contributed by atoms with Gasteiger partial charge in [0, 0.05) is 25.8 Å². The summed E-state index contributed by atoms with van der Waals surface area (Å²) in [5.74, 6) is 0.264. The number of hydrazine groups is 1. The van der Waals surface area contributed by atoms with Gasteiger partial charge >= 0.3 is 11.8 Å². The van der Waals surface area contributed by atoms with Crippen LogP contribution in [0.4, 0.5) is 4.79 Å². The average Bonchev–Trinajstić information content (AvgIpc) is 3.29. The van der Waals surface area contributed by atoms with Crippen molar-refractivity contribution in [1.29, 1.82) is 0 Å². The summed E-state index contributed by atoms with van der Waals surface area (Å²) < 4.78 is 1.66. The van der Waals surface area contributed by atoms with E-state index in [1.165, 1.54) is 4.90 Å². The van der Waals surface area contributed by atoms with Gasteiger partial charge in [-0.25, -0.2) is 15.0 Å². The van der Waals surface area contributed by atoms with E-state index in [1.807, 2.05) is 29.4 Å². The van der Waals surface area contributed by atoms with Gasteiger partial charge in [-0.1, -0.05) is 35.3 Å². The Bertz CT molecular complexity index is 1020. The summed E-state index contributed by atoms with van der Waals surface area (Å²) in [6.07, 6.45) is 3.69. The number of amides is 1. The molecular weight excluding hydrogens is 417 g/mol. The maximum atomic E-state index is 12.5. The van der Waals surface area contributed by atoms with Crippen LogP contribution in [0.15, 0.2) is 29.2 Å². The third-order valence-electron chi connectivity index (χ3n) is 5.36. The van der Waals surface area contributed by atoms with Crippen LogP contribution in [-0.4, -0.2) is 50.3 Å². The number of likely N-dealkylation sites (tertiary alicyclic amines) is 1. The van der Waals surface area contributed by atoms with E-state index in [-0.39, 0.29) is 11.6 Å². The van der Waals surface area contributed by atoms with Crippen molar-refractivity contribution in [3.63, 3.8) is 0 Å². The molecule has 1 unspecified atom stereocenters. The van der Waals surface area contributed by atoms with Crippen LogP contribution in [0.2, 0.25) is 10.0 Å². The van der Waals surface area contributed by atoms with Gasteiger partial charge in [0.2, 0.25) is 0 Å². The van der Waals surface area contributed by atoms with Crippen molar-refractivity contribution in [1.82, 2.24) is 24.9 Å². The van der Waals surface area contributed by atoms with Gasteiger partial charge in [-0.15, -0.1) is 0 Å². The Labute approximate surface area is 177 Å². The molecule has 2 aromatic rings. The fraction of sp³-hybridized carbons (Fsp3) is 0.368. The van der Waals surface area contributed by atoms with E-state index in [0.29, 0.717) is 42.8 Å². The van der Waals surface area contributed by atoms with E-state index in [2.05, 4.69) is 10.4 Å². The Morgan fingerprint density at radius 2 is 2.17 bits per heavy atom. The smallest absolute Gasteiger partial charge is 0.407 e. The molecule has 1 aromatic heterocycles. The first kappa shape index (κ1) is 19.9. The molecule has 0 radical (unpaired) electrons. The summed E-state index contributed by atoms with van der Waals surface area (Å²) in [5.41, 5.74) is 5.52. The zero-order chi connectivity index (χ0) is 20.5. The first-order chi connectivity index (χ1) is 13.9. The van der Waals surface area contributed by atoms with Gasteiger partial charge in [0.05, 0.1) is 34.5 Å². The molecule has 0 saturated carbocycles. The van der Waals surface area contributed by atoms with Gasteiger partial charge in [-0.3, -0.25) is 4.57 Å². The van der Waals surface area contributed by atoms with Crippen molar-refractivity contribution in [3.05, 3.63) is 61.9 Å². The molecule has 3 heterocycles. The highest BCUT2D eigenvalue weighted by atomic mass is 35.5. The topological polar surface area (TPSA) is 93.6 Å². The van der Waals surface area contributed by atoms with E-state index in [9.17, 15) is 9.59 Å². The Kier molecular flexibility index (Phi) is 5.58. The van der Waals surface area contributed by atoms with Crippen molar-refractivity contribution in [2.24, 2.45) is 5.92 Å².